The highest BCUT2D eigenvalue weighted by Gasteiger charge is 2.32. The van der Waals surface area contributed by atoms with E-state index in [1.807, 2.05) is 0 Å². The van der Waals surface area contributed by atoms with E-state index in [1.54, 1.807) is 6.07 Å². The second kappa shape index (κ2) is 7.90. The van der Waals surface area contributed by atoms with Gasteiger partial charge in [0.25, 0.3) is 5.56 Å². The molecular weight excluding hydrogens is 474 g/mol. The first-order valence-electron chi connectivity index (χ1n) is 10.1. The number of nitrogens with zero attached hydrogens (tertiary/aromatic N) is 4. The van der Waals surface area contributed by atoms with Gasteiger partial charge in [-0.05, 0) is 48.5 Å². The van der Waals surface area contributed by atoms with Crippen LogP contribution in [0.25, 0.3) is 38.9 Å². The number of aromatic nitrogens is 4. The summed E-state index contributed by atoms with van der Waals surface area (Å²) < 4.78 is 79.6. The maximum Gasteiger partial charge on any atom is 0.433 e. The average Bonchev–Trinajstić information content (AvgIpc) is 2.82. The van der Waals surface area contributed by atoms with Crippen LogP contribution in [0.1, 0.15) is 11.3 Å². The van der Waals surface area contributed by atoms with Crippen LogP contribution in [0.4, 0.5) is 26.3 Å². The van der Waals surface area contributed by atoms with Crippen molar-refractivity contribution in [2.75, 3.05) is 0 Å². The van der Waals surface area contributed by atoms with Gasteiger partial charge in [-0.1, -0.05) is 6.07 Å². The summed E-state index contributed by atoms with van der Waals surface area (Å²) in [7, 11) is 0. The highest BCUT2D eigenvalue weighted by Crippen LogP contribution is 2.32. The van der Waals surface area contributed by atoms with Gasteiger partial charge in [0.15, 0.2) is 0 Å². The lowest BCUT2D eigenvalue weighted by Crippen LogP contribution is -2.18. The first-order valence-corrected chi connectivity index (χ1v) is 10.1. The predicted molar refractivity (Wildman–Crippen MR) is 116 cm³/mol. The molecule has 0 aliphatic rings. The first kappa shape index (κ1) is 22.5. The Morgan fingerprint density at radius 2 is 1.57 bits per heavy atom. The molecule has 0 radical (unpaired) electrons. The van der Waals surface area contributed by atoms with Gasteiger partial charge >= 0.3 is 12.4 Å². The fourth-order valence-electron chi connectivity index (χ4n) is 3.72. The smallest absolute Gasteiger partial charge is 0.275 e. The van der Waals surface area contributed by atoms with Crippen molar-refractivity contribution in [3.05, 3.63) is 94.7 Å². The molecule has 0 aliphatic heterocycles. The summed E-state index contributed by atoms with van der Waals surface area (Å²) >= 11 is 0. The Kier molecular flexibility index (Phi) is 5.08. The first-order chi connectivity index (χ1) is 16.5. The maximum atomic E-state index is 13.3. The Hall–Kier alpha value is -4.28. The van der Waals surface area contributed by atoms with E-state index in [-0.39, 0.29) is 28.0 Å². The number of hydrogen-bond acceptors (Lipinski definition) is 4. The average molecular weight is 486 g/mol. The van der Waals surface area contributed by atoms with E-state index in [4.69, 9.17) is 0 Å². The van der Waals surface area contributed by atoms with E-state index in [1.165, 1.54) is 42.6 Å². The van der Waals surface area contributed by atoms with E-state index in [0.29, 0.717) is 10.9 Å². The summed E-state index contributed by atoms with van der Waals surface area (Å²) in [5, 5.41) is 0.435. The third-order valence-electron chi connectivity index (χ3n) is 5.35. The van der Waals surface area contributed by atoms with Crippen molar-refractivity contribution in [3.8, 4) is 16.9 Å². The minimum atomic E-state index is -4.62. The van der Waals surface area contributed by atoms with Gasteiger partial charge < -0.3 is 0 Å². The monoisotopic (exact) mass is 486 g/mol. The van der Waals surface area contributed by atoms with Crippen molar-refractivity contribution >= 4 is 21.9 Å². The van der Waals surface area contributed by atoms with Gasteiger partial charge in [-0.25, -0.2) is 4.98 Å². The Labute approximate surface area is 192 Å². The van der Waals surface area contributed by atoms with Gasteiger partial charge in [0.2, 0.25) is 0 Å². The number of halogens is 6. The third-order valence-corrected chi connectivity index (χ3v) is 5.35. The van der Waals surface area contributed by atoms with E-state index in [9.17, 15) is 31.1 Å². The molecule has 35 heavy (non-hydrogen) atoms. The fraction of sp³-hybridized carbons (Fsp3) is 0.0833. The van der Waals surface area contributed by atoms with E-state index in [2.05, 4.69) is 15.0 Å². The molecule has 0 fully saturated rings. The minimum Gasteiger partial charge on any atom is -0.275 e. The molecular formula is C24H12F6N4O. The third kappa shape index (κ3) is 4.09. The molecule has 0 N–H and O–H groups in total. The molecule has 5 aromatic rings. The summed E-state index contributed by atoms with van der Waals surface area (Å²) in [6, 6.07) is 12.1. The van der Waals surface area contributed by atoms with Crippen LogP contribution >= 0.6 is 0 Å². The Bertz CT molecular complexity index is 1640. The number of fused-ring (bicyclic) bond motifs is 3. The number of benzene rings is 1. The molecule has 11 heteroatoms. The summed E-state index contributed by atoms with van der Waals surface area (Å²) in [5.41, 5.74) is -1.33. The number of rotatable bonds is 2. The lowest BCUT2D eigenvalue weighted by molar-refractivity contribution is -0.141. The minimum absolute atomic E-state index is 0.0219. The van der Waals surface area contributed by atoms with Crippen molar-refractivity contribution in [2.24, 2.45) is 0 Å². The second-order valence-corrected chi connectivity index (χ2v) is 7.61. The number of hydrogen-bond donors (Lipinski definition) is 0. The van der Waals surface area contributed by atoms with Gasteiger partial charge in [0.1, 0.15) is 11.2 Å². The molecule has 0 unspecified atom stereocenters. The topological polar surface area (TPSA) is 60.7 Å². The zero-order chi connectivity index (χ0) is 25.0. The Morgan fingerprint density at radius 1 is 0.771 bits per heavy atom. The lowest BCUT2D eigenvalue weighted by atomic mass is 10.1. The summed E-state index contributed by atoms with van der Waals surface area (Å²) in [4.78, 5) is 25.1. The van der Waals surface area contributed by atoms with E-state index in [0.717, 1.165) is 29.0 Å². The second-order valence-electron chi connectivity index (χ2n) is 7.61. The molecule has 176 valence electrons. The molecule has 1 aromatic carbocycles. The fourth-order valence-corrected chi connectivity index (χ4v) is 3.72. The quantitative estimate of drug-likeness (QED) is 0.226. The van der Waals surface area contributed by atoms with Crippen LogP contribution in [-0.2, 0) is 12.4 Å². The molecule has 0 aliphatic carbocycles. The molecule has 4 aromatic heterocycles. The zero-order valence-corrected chi connectivity index (χ0v) is 17.4. The van der Waals surface area contributed by atoms with E-state index >= 15 is 0 Å². The summed E-state index contributed by atoms with van der Waals surface area (Å²) in [6.07, 6.45) is -6.73. The Morgan fingerprint density at radius 3 is 2.26 bits per heavy atom. The van der Waals surface area contributed by atoms with Gasteiger partial charge in [-0.2, -0.15) is 26.3 Å². The molecule has 0 spiro atoms. The molecule has 0 amide bonds. The van der Waals surface area contributed by atoms with Gasteiger partial charge in [0.05, 0.1) is 22.3 Å². The molecule has 0 bridgehead atoms. The molecule has 0 saturated carbocycles. The van der Waals surface area contributed by atoms with Crippen molar-refractivity contribution in [3.63, 3.8) is 0 Å². The van der Waals surface area contributed by atoms with Crippen LogP contribution in [0.5, 0.6) is 0 Å². The zero-order valence-electron chi connectivity index (χ0n) is 17.4. The van der Waals surface area contributed by atoms with Crippen LogP contribution in [-0.4, -0.2) is 19.5 Å². The molecule has 0 atom stereocenters. The summed E-state index contributed by atoms with van der Waals surface area (Å²) in [5.74, 6) is 0. The van der Waals surface area contributed by atoms with Crippen molar-refractivity contribution < 1.29 is 26.3 Å². The van der Waals surface area contributed by atoms with Crippen LogP contribution < -0.4 is 5.56 Å². The highest BCUT2D eigenvalue weighted by molar-refractivity contribution is 6.02. The van der Waals surface area contributed by atoms with E-state index < -0.39 is 29.2 Å². The van der Waals surface area contributed by atoms with Crippen molar-refractivity contribution in [1.82, 2.24) is 19.5 Å². The molecule has 0 saturated heterocycles. The predicted octanol–water partition coefficient (Wildman–Crippen LogP) is 6.03. The van der Waals surface area contributed by atoms with Gasteiger partial charge in [-0.15, -0.1) is 0 Å². The molecule has 5 nitrogen and oxygen atoms in total. The maximum absolute atomic E-state index is 13.3. The van der Waals surface area contributed by atoms with Crippen molar-refractivity contribution in [1.29, 1.82) is 0 Å². The largest absolute Gasteiger partial charge is 0.433 e. The normalized spacial score (nSPS) is 12.4. The Balaban J connectivity index is 1.76. The van der Waals surface area contributed by atoms with Crippen LogP contribution in [0, 0.1) is 0 Å². The van der Waals surface area contributed by atoms with Crippen LogP contribution in [0.2, 0.25) is 0 Å². The van der Waals surface area contributed by atoms with Gasteiger partial charge in [0, 0.05) is 35.1 Å². The number of alkyl halides is 6. The molecule has 5 rings (SSSR count). The standard InChI is InChI=1S/C24H12F6N4O/c25-23(26,27)15-2-1-3-16(10-15)34-20(35)9-5-14-12-31-18-7-6-17(33-21(18)22(14)34)13-4-8-19(32-11-13)24(28,29)30/h1-12H. The highest BCUT2D eigenvalue weighted by atomic mass is 19.4. The van der Waals surface area contributed by atoms with Crippen molar-refractivity contribution in [2.45, 2.75) is 12.4 Å². The van der Waals surface area contributed by atoms with Crippen LogP contribution in [0.3, 0.4) is 0 Å². The SMILES string of the molecule is O=c1ccc2cnc3ccc(-c4ccc(C(F)(F)F)nc4)nc3c2n1-c1cccc(C(F)(F)F)c1. The van der Waals surface area contributed by atoms with Gasteiger partial charge in [-0.3, -0.25) is 19.3 Å². The lowest BCUT2D eigenvalue weighted by Gasteiger charge is -2.14. The molecule has 4 heterocycles. The summed E-state index contributed by atoms with van der Waals surface area (Å²) in [6.45, 7) is 0. The number of pyridine rings is 4. The van der Waals surface area contributed by atoms with Crippen LogP contribution in [0.15, 0.2) is 77.9 Å².